The maximum Gasteiger partial charge on any atom is 0.240 e. The van der Waals surface area contributed by atoms with Crippen LogP contribution >= 0.6 is 0 Å². The van der Waals surface area contributed by atoms with Gasteiger partial charge >= 0.3 is 0 Å². The SMILES string of the molecule is CNc1ccc(S(=O)(=O)NCC2(C)CCN(C)CC2)cc1. The molecule has 1 aliphatic heterocycles. The van der Waals surface area contributed by atoms with Crippen LogP contribution in [0.25, 0.3) is 0 Å². The number of anilines is 1. The van der Waals surface area contributed by atoms with Gasteiger partial charge in [-0.1, -0.05) is 6.92 Å². The Hall–Kier alpha value is -1.11. The Labute approximate surface area is 127 Å². The third-order valence-electron chi connectivity index (χ3n) is 4.34. The minimum atomic E-state index is -3.43. The third-order valence-corrected chi connectivity index (χ3v) is 5.75. The maximum absolute atomic E-state index is 12.3. The fourth-order valence-electron chi connectivity index (χ4n) is 2.49. The highest BCUT2D eigenvalue weighted by Gasteiger charge is 2.30. The van der Waals surface area contributed by atoms with E-state index in [0.29, 0.717) is 11.4 Å². The summed E-state index contributed by atoms with van der Waals surface area (Å²) in [5.74, 6) is 0. The quantitative estimate of drug-likeness (QED) is 0.869. The van der Waals surface area contributed by atoms with Crippen molar-refractivity contribution in [2.75, 3.05) is 39.0 Å². The Bertz CT molecular complexity index is 561. The molecule has 1 saturated heterocycles. The summed E-state index contributed by atoms with van der Waals surface area (Å²) in [4.78, 5) is 2.60. The number of likely N-dealkylation sites (tertiary alicyclic amines) is 1. The van der Waals surface area contributed by atoms with Gasteiger partial charge in [0.05, 0.1) is 4.90 Å². The van der Waals surface area contributed by atoms with Crippen LogP contribution in [-0.2, 0) is 10.0 Å². The van der Waals surface area contributed by atoms with E-state index >= 15 is 0 Å². The van der Waals surface area contributed by atoms with Crippen LogP contribution in [0, 0.1) is 5.41 Å². The van der Waals surface area contributed by atoms with E-state index in [1.165, 1.54) is 0 Å². The van der Waals surface area contributed by atoms with E-state index < -0.39 is 10.0 Å². The molecule has 0 aliphatic carbocycles. The second-order valence-corrected chi connectivity index (χ2v) is 7.98. The molecule has 0 aromatic heterocycles. The molecule has 1 aromatic carbocycles. The summed E-state index contributed by atoms with van der Waals surface area (Å²) in [6.45, 7) is 4.70. The molecule has 6 heteroatoms. The standard InChI is InChI=1S/C15H25N3O2S/c1-15(8-10-18(3)11-9-15)12-17-21(19,20)14-6-4-13(16-2)5-7-14/h4-7,16-17H,8-12H2,1-3H3. The molecule has 1 aromatic rings. The molecule has 0 spiro atoms. The van der Waals surface area contributed by atoms with E-state index in [-0.39, 0.29) is 5.41 Å². The topological polar surface area (TPSA) is 61.4 Å². The monoisotopic (exact) mass is 311 g/mol. The summed E-state index contributed by atoms with van der Waals surface area (Å²) in [6.07, 6.45) is 2.04. The van der Waals surface area contributed by atoms with Crippen LogP contribution in [0.2, 0.25) is 0 Å². The van der Waals surface area contributed by atoms with Gasteiger partial charge in [0.25, 0.3) is 0 Å². The minimum Gasteiger partial charge on any atom is -0.388 e. The van der Waals surface area contributed by atoms with Gasteiger partial charge in [0, 0.05) is 19.3 Å². The van der Waals surface area contributed by atoms with Crippen molar-refractivity contribution < 1.29 is 8.42 Å². The number of piperidine rings is 1. The first-order valence-corrected chi connectivity index (χ1v) is 8.79. The molecule has 21 heavy (non-hydrogen) atoms. The first kappa shape index (κ1) is 16.3. The Morgan fingerprint density at radius 1 is 1.19 bits per heavy atom. The molecule has 1 aliphatic rings. The second-order valence-electron chi connectivity index (χ2n) is 6.21. The zero-order valence-corrected chi connectivity index (χ0v) is 13.8. The van der Waals surface area contributed by atoms with Gasteiger partial charge in [0.2, 0.25) is 10.0 Å². The van der Waals surface area contributed by atoms with Crippen molar-refractivity contribution >= 4 is 15.7 Å². The lowest BCUT2D eigenvalue weighted by molar-refractivity contribution is 0.143. The van der Waals surface area contributed by atoms with Gasteiger partial charge in [0.15, 0.2) is 0 Å². The molecular weight excluding hydrogens is 286 g/mol. The number of hydrogen-bond acceptors (Lipinski definition) is 4. The molecule has 0 radical (unpaired) electrons. The average molecular weight is 311 g/mol. The molecule has 2 rings (SSSR count). The number of nitrogens with zero attached hydrogens (tertiary/aromatic N) is 1. The predicted octanol–water partition coefficient (Wildman–Crippen LogP) is 1.74. The van der Waals surface area contributed by atoms with Gasteiger partial charge in [0.1, 0.15) is 0 Å². The number of rotatable bonds is 5. The molecular formula is C15H25N3O2S. The highest BCUT2D eigenvalue weighted by Crippen LogP contribution is 2.30. The molecule has 0 saturated carbocycles. The van der Waals surface area contributed by atoms with Gasteiger partial charge in [-0.25, -0.2) is 13.1 Å². The van der Waals surface area contributed by atoms with Crippen LogP contribution in [0.1, 0.15) is 19.8 Å². The van der Waals surface area contributed by atoms with E-state index in [1.54, 1.807) is 24.3 Å². The third kappa shape index (κ3) is 4.18. The molecule has 1 fully saturated rings. The summed E-state index contributed by atoms with van der Waals surface area (Å²) < 4.78 is 27.4. The van der Waals surface area contributed by atoms with E-state index in [0.717, 1.165) is 31.6 Å². The van der Waals surface area contributed by atoms with Crippen molar-refractivity contribution in [1.29, 1.82) is 0 Å². The van der Waals surface area contributed by atoms with Crippen LogP contribution < -0.4 is 10.0 Å². The smallest absolute Gasteiger partial charge is 0.240 e. The molecule has 118 valence electrons. The van der Waals surface area contributed by atoms with E-state index in [4.69, 9.17) is 0 Å². The number of sulfonamides is 1. The number of nitrogens with one attached hydrogen (secondary N) is 2. The van der Waals surface area contributed by atoms with Crippen molar-refractivity contribution in [2.24, 2.45) is 5.41 Å². The Morgan fingerprint density at radius 2 is 1.76 bits per heavy atom. The van der Waals surface area contributed by atoms with Crippen molar-refractivity contribution in [1.82, 2.24) is 9.62 Å². The largest absolute Gasteiger partial charge is 0.388 e. The van der Waals surface area contributed by atoms with E-state index in [2.05, 4.69) is 28.9 Å². The zero-order valence-electron chi connectivity index (χ0n) is 13.0. The van der Waals surface area contributed by atoms with Crippen molar-refractivity contribution in [3.05, 3.63) is 24.3 Å². The van der Waals surface area contributed by atoms with E-state index in [9.17, 15) is 8.42 Å². The number of hydrogen-bond donors (Lipinski definition) is 2. The van der Waals surface area contributed by atoms with Crippen LogP contribution in [0.4, 0.5) is 5.69 Å². The van der Waals surface area contributed by atoms with Crippen LogP contribution in [0.5, 0.6) is 0 Å². The number of benzene rings is 1. The maximum atomic E-state index is 12.3. The summed E-state index contributed by atoms with van der Waals surface area (Å²) in [5.41, 5.74) is 0.945. The first-order chi connectivity index (χ1) is 9.85. The van der Waals surface area contributed by atoms with Gasteiger partial charge < -0.3 is 10.2 Å². The lowest BCUT2D eigenvalue weighted by Gasteiger charge is -2.37. The Balaban J connectivity index is 2.00. The molecule has 1 heterocycles. The molecule has 0 unspecified atom stereocenters. The lowest BCUT2D eigenvalue weighted by atomic mass is 9.81. The Morgan fingerprint density at radius 3 is 2.29 bits per heavy atom. The van der Waals surface area contributed by atoms with Crippen molar-refractivity contribution in [3.63, 3.8) is 0 Å². The highest BCUT2D eigenvalue weighted by atomic mass is 32.2. The molecule has 0 bridgehead atoms. The normalized spacial score (nSPS) is 19.4. The van der Waals surface area contributed by atoms with Crippen LogP contribution in [-0.4, -0.2) is 47.0 Å². The van der Waals surface area contributed by atoms with Gasteiger partial charge in [-0.2, -0.15) is 0 Å². The molecule has 5 nitrogen and oxygen atoms in total. The van der Waals surface area contributed by atoms with Crippen molar-refractivity contribution in [3.8, 4) is 0 Å². The fourth-order valence-corrected chi connectivity index (χ4v) is 3.69. The summed E-state index contributed by atoms with van der Waals surface area (Å²) in [6, 6.07) is 6.80. The van der Waals surface area contributed by atoms with Crippen LogP contribution in [0.15, 0.2) is 29.2 Å². The Kier molecular flexibility index (Phi) is 4.91. The van der Waals surface area contributed by atoms with Crippen LogP contribution in [0.3, 0.4) is 0 Å². The highest BCUT2D eigenvalue weighted by molar-refractivity contribution is 7.89. The van der Waals surface area contributed by atoms with Gasteiger partial charge in [-0.3, -0.25) is 0 Å². The summed E-state index contributed by atoms with van der Waals surface area (Å²) in [5, 5.41) is 2.98. The van der Waals surface area contributed by atoms with E-state index in [1.807, 2.05) is 7.05 Å². The van der Waals surface area contributed by atoms with Gasteiger partial charge in [-0.05, 0) is 62.7 Å². The lowest BCUT2D eigenvalue weighted by Crippen LogP contribution is -2.43. The summed E-state index contributed by atoms with van der Waals surface area (Å²) >= 11 is 0. The molecule has 0 atom stereocenters. The van der Waals surface area contributed by atoms with Crippen molar-refractivity contribution in [2.45, 2.75) is 24.7 Å². The zero-order chi connectivity index (χ0) is 15.5. The fraction of sp³-hybridized carbons (Fsp3) is 0.600. The van der Waals surface area contributed by atoms with Gasteiger partial charge in [-0.15, -0.1) is 0 Å². The molecule has 2 N–H and O–H groups in total. The molecule has 0 amide bonds. The minimum absolute atomic E-state index is 0.0461. The predicted molar refractivity (Wildman–Crippen MR) is 86.0 cm³/mol. The second kappa shape index (κ2) is 6.34. The average Bonchev–Trinajstić information content (AvgIpc) is 2.49. The summed E-state index contributed by atoms with van der Waals surface area (Å²) in [7, 11) is 0.485. The first-order valence-electron chi connectivity index (χ1n) is 7.31.